The molecule has 0 aliphatic carbocycles. The number of hydrogen-bond donors (Lipinski definition) is 0. The Morgan fingerprint density at radius 2 is 1.45 bits per heavy atom. The monoisotopic (exact) mass is 449 g/mol. The van der Waals surface area contributed by atoms with Crippen molar-refractivity contribution >= 4 is 11.8 Å². The van der Waals surface area contributed by atoms with E-state index in [-0.39, 0.29) is 11.8 Å². The maximum atomic E-state index is 13.6. The molecule has 33 heavy (non-hydrogen) atoms. The minimum Gasteiger partial charge on any atom is -0.342 e. The lowest BCUT2D eigenvalue weighted by atomic mass is 10.1. The van der Waals surface area contributed by atoms with E-state index in [1.807, 2.05) is 28.0 Å². The molecule has 5 rings (SSSR count). The third-order valence-corrected chi connectivity index (χ3v) is 7.33. The highest BCUT2D eigenvalue weighted by atomic mass is 16.2. The summed E-state index contributed by atoms with van der Waals surface area (Å²) in [5, 5.41) is 0. The molecule has 0 spiro atoms. The van der Waals surface area contributed by atoms with Gasteiger partial charge in [-0.05, 0) is 38.5 Å². The average molecular weight is 450 g/mol. The fraction of sp³-hybridized carbons (Fsp3) is 0.577. The van der Waals surface area contributed by atoms with E-state index in [1.54, 1.807) is 0 Å². The van der Waals surface area contributed by atoms with Crippen molar-refractivity contribution in [3.8, 4) is 11.4 Å². The topological polar surface area (TPSA) is 61.7 Å². The maximum absolute atomic E-state index is 13.6. The van der Waals surface area contributed by atoms with E-state index in [4.69, 9.17) is 4.98 Å². The van der Waals surface area contributed by atoms with Gasteiger partial charge in [0, 0.05) is 51.4 Å². The van der Waals surface area contributed by atoms with E-state index >= 15 is 0 Å². The summed E-state index contributed by atoms with van der Waals surface area (Å²) in [5.74, 6) is 1.20. The Bertz CT molecular complexity index is 972. The zero-order chi connectivity index (χ0) is 22.6. The number of likely N-dealkylation sites (tertiary alicyclic amines) is 1. The SMILES string of the molecule is O=C(CN1CCN(C(=O)c2nc(-c3ccccc3)n3c2CCCCC3)CC1)N1CCCCC1. The zero-order valence-electron chi connectivity index (χ0n) is 19.5. The molecule has 4 heterocycles. The Labute approximate surface area is 196 Å². The van der Waals surface area contributed by atoms with E-state index in [0.717, 1.165) is 81.9 Å². The largest absolute Gasteiger partial charge is 0.342 e. The Morgan fingerprint density at radius 1 is 0.758 bits per heavy atom. The Hall–Kier alpha value is -2.67. The van der Waals surface area contributed by atoms with Crippen LogP contribution in [-0.4, -0.2) is 81.9 Å². The molecule has 3 aliphatic rings. The molecule has 0 bridgehead atoms. The van der Waals surface area contributed by atoms with Gasteiger partial charge < -0.3 is 14.4 Å². The van der Waals surface area contributed by atoms with Crippen molar-refractivity contribution in [3.63, 3.8) is 0 Å². The second kappa shape index (κ2) is 10.1. The minimum atomic E-state index is 0.0461. The lowest BCUT2D eigenvalue weighted by molar-refractivity contribution is -0.133. The number of aromatic nitrogens is 2. The van der Waals surface area contributed by atoms with Crippen molar-refractivity contribution in [3.05, 3.63) is 41.7 Å². The van der Waals surface area contributed by atoms with Gasteiger partial charge in [0.2, 0.25) is 5.91 Å². The van der Waals surface area contributed by atoms with Gasteiger partial charge in [0.15, 0.2) is 0 Å². The molecule has 0 radical (unpaired) electrons. The predicted molar refractivity (Wildman–Crippen MR) is 128 cm³/mol. The number of piperidine rings is 1. The standard InChI is InChI=1S/C26H35N5O2/c32-23(29-13-7-3-8-14-29)20-28-16-18-30(19-17-28)26(33)24-22-12-6-2-9-15-31(22)25(27-24)21-10-4-1-5-11-21/h1,4-5,10-11H,2-3,6-9,12-20H2. The first-order chi connectivity index (χ1) is 16.2. The molecule has 3 aliphatic heterocycles. The fourth-order valence-electron chi connectivity index (χ4n) is 5.39. The summed E-state index contributed by atoms with van der Waals surface area (Å²) in [6, 6.07) is 10.2. The predicted octanol–water partition coefficient (Wildman–Crippen LogP) is 3.05. The van der Waals surface area contributed by atoms with Crippen molar-refractivity contribution in [2.45, 2.75) is 51.5 Å². The molecule has 2 amide bonds. The summed E-state index contributed by atoms with van der Waals surface area (Å²) in [4.78, 5) is 37.2. The maximum Gasteiger partial charge on any atom is 0.274 e. The van der Waals surface area contributed by atoms with Crippen LogP contribution < -0.4 is 0 Å². The molecule has 7 heteroatoms. The average Bonchev–Trinajstić information content (AvgIpc) is 3.05. The summed E-state index contributed by atoms with van der Waals surface area (Å²) in [7, 11) is 0. The molecule has 0 unspecified atom stereocenters. The van der Waals surface area contributed by atoms with Crippen molar-refractivity contribution < 1.29 is 9.59 Å². The molecule has 1 aromatic heterocycles. The lowest BCUT2D eigenvalue weighted by Crippen LogP contribution is -2.52. The number of carbonyl (C=O) groups is 2. The highest BCUT2D eigenvalue weighted by Crippen LogP contribution is 2.28. The van der Waals surface area contributed by atoms with Crippen LogP contribution in [-0.2, 0) is 17.8 Å². The van der Waals surface area contributed by atoms with Crippen LogP contribution in [0.25, 0.3) is 11.4 Å². The molecule has 1 aromatic carbocycles. The number of fused-ring (bicyclic) bond motifs is 1. The van der Waals surface area contributed by atoms with Gasteiger partial charge in [0.1, 0.15) is 11.5 Å². The molecule has 2 fully saturated rings. The van der Waals surface area contributed by atoms with Crippen LogP contribution in [0.4, 0.5) is 0 Å². The van der Waals surface area contributed by atoms with Gasteiger partial charge in [-0.3, -0.25) is 14.5 Å². The van der Waals surface area contributed by atoms with Gasteiger partial charge in [-0.1, -0.05) is 36.8 Å². The fourth-order valence-corrected chi connectivity index (χ4v) is 5.39. The van der Waals surface area contributed by atoms with Crippen LogP contribution in [0, 0.1) is 0 Å². The number of benzene rings is 1. The van der Waals surface area contributed by atoms with Crippen LogP contribution >= 0.6 is 0 Å². The molecule has 0 N–H and O–H groups in total. The number of imidazole rings is 1. The first kappa shape index (κ1) is 22.1. The quantitative estimate of drug-likeness (QED) is 0.720. The van der Waals surface area contributed by atoms with E-state index in [1.165, 1.54) is 12.8 Å². The van der Waals surface area contributed by atoms with Crippen molar-refractivity contribution in [1.82, 2.24) is 24.3 Å². The molecule has 0 saturated carbocycles. The van der Waals surface area contributed by atoms with Crippen molar-refractivity contribution in [1.29, 1.82) is 0 Å². The van der Waals surface area contributed by atoms with E-state index in [0.29, 0.717) is 25.3 Å². The molecular weight excluding hydrogens is 414 g/mol. The molecular formula is C26H35N5O2. The number of piperazine rings is 1. The van der Waals surface area contributed by atoms with Crippen LogP contribution in [0.3, 0.4) is 0 Å². The minimum absolute atomic E-state index is 0.0461. The van der Waals surface area contributed by atoms with Crippen molar-refractivity contribution in [2.24, 2.45) is 0 Å². The lowest BCUT2D eigenvalue weighted by Gasteiger charge is -2.36. The van der Waals surface area contributed by atoms with Gasteiger partial charge >= 0.3 is 0 Å². The smallest absolute Gasteiger partial charge is 0.274 e. The summed E-state index contributed by atoms with van der Waals surface area (Å²) in [5.41, 5.74) is 2.80. The van der Waals surface area contributed by atoms with Gasteiger partial charge in [-0.25, -0.2) is 4.98 Å². The van der Waals surface area contributed by atoms with Gasteiger partial charge in [0.05, 0.1) is 12.2 Å². The third kappa shape index (κ3) is 4.83. The molecule has 7 nitrogen and oxygen atoms in total. The number of nitrogens with zero attached hydrogens (tertiary/aromatic N) is 5. The number of amides is 2. The van der Waals surface area contributed by atoms with Gasteiger partial charge in [0.25, 0.3) is 5.91 Å². The summed E-state index contributed by atoms with van der Waals surface area (Å²) in [6.07, 6.45) is 7.79. The Balaban J connectivity index is 1.27. The first-order valence-electron chi connectivity index (χ1n) is 12.6. The number of hydrogen-bond acceptors (Lipinski definition) is 4. The molecule has 2 aromatic rings. The van der Waals surface area contributed by atoms with Gasteiger partial charge in [-0.2, -0.15) is 0 Å². The van der Waals surface area contributed by atoms with Crippen LogP contribution in [0.1, 0.15) is 54.7 Å². The Kier molecular flexibility index (Phi) is 6.76. The van der Waals surface area contributed by atoms with Crippen LogP contribution in [0.5, 0.6) is 0 Å². The summed E-state index contributed by atoms with van der Waals surface area (Å²) in [6.45, 7) is 5.98. The Morgan fingerprint density at radius 3 is 2.21 bits per heavy atom. The number of rotatable bonds is 4. The second-order valence-electron chi connectivity index (χ2n) is 9.57. The van der Waals surface area contributed by atoms with E-state index < -0.39 is 0 Å². The van der Waals surface area contributed by atoms with Crippen LogP contribution in [0.2, 0.25) is 0 Å². The first-order valence-corrected chi connectivity index (χ1v) is 12.6. The molecule has 0 atom stereocenters. The van der Waals surface area contributed by atoms with Gasteiger partial charge in [-0.15, -0.1) is 0 Å². The van der Waals surface area contributed by atoms with E-state index in [2.05, 4.69) is 21.6 Å². The highest BCUT2D eigenvalue weighted by molar-refractivity contribution is 5.94. The number of carbonyl (C=O) groups excluding carboxylic acids is 2. The second-order valence-corrected chi connectivity index (χ2v) is 9.57. The van der Waals surface area contributed by atoms with E-state index in [9.17, 15) is 9.59 Å². The highest BCUT2D eigenvalue weighted by Gasteiger charge is 2.30. The van der Waals surface area contributed by atoms with Crippen molar-refractivity contribution in [2.75, 3.05) is 45.8 Å². The third-order valence-electron chi connectivity index (χ3n) is 7.33. The molecule has 176 valence electrons. The molecule has 2 saturated heterocycles. The summed E-state index contributed by atoms with van der Waals surface area (Å²) >= 11 is 0. The zero-order valence-corrected chi connectivity index (χ0v) is 19.5. The van der Waals surface area contributed by atoms with Crippen LogP contribution in [0.15, 0.2) is 30.3 Å². The normalized spacial score (nSPS) is 19.8. The summed E-state index contributed by atoms with van der Waals surface area (Å²) < 4.78 is 2.28.